The number of aryl methyl sites for hydroxylation is 1. The first-order chi connectivity index (χ1) is 8.26. The number of benzene rings is 1. The number of hydrogen-bond donors (Lipinski definition) is 1. The van der Waals surface area contributed by atoms with Crippen molar-refractivity contribution in [1.29, 1.82) is 5.26 Å². The maximum atomic E-state index is 8.86. The van der Waals surface area contributed by atoms with E-state index in [0.29, 0.717) is 11.4 Å². The van der Waals surface area contributed by atoms with Gasteiger partial charge >= 0.3 is 0 Å². The van der Waals surface area contributed by atoms with Gasteiger partial charge in [-0.2, -0.15) is 5.26 Å². The van der Waals surface area contributed by atoms with Gasteiger partial charge in [0.2, 0.25) is 0 Å². The third kappa shape index (κ3) is 2.13. The quantitative estimate of drug-likeness (QED) is 0.873. The van der Waals surface area contributed by atoms with E-state index in [2.05, 4.69) is 18.0 Å². The fourth-order valence-electron chi connectivity index (χ4n) is 1.77. The first-order valence-corrected chi connectivity index (χ1v) is 5.57. The van der Waals surface area contributed by atoms with Crippen LogP contribution in [0.1, 0.15) is 18.9 Å². The van der Waals surface area contributed by atoms with Crippen LogP contribution in [0.25, 0.3) is 11.3 Å². The molecule has 1 aromatic carbocycles. The lowest BCUT2D eigenvalue weighted by Crippen LogP contribution is -2.01. The predicted octanol–water partition coefficient (Wildman–Crippen LogP) is 2.41. The summed E-state index contributed by atoms with van der Waals surface area (Å²) in [7, 11) is 0. The Morgan fingerprint density at radius 2 is 2.29 bits per heavy atom. The molecule has 0 saturated carbocycles. The molecule has 0 bridgehead atoms. The molecule has 0 aliphatic carbocycles. The molecule has 0 amide bonds. The van der Waals surface area contributed by atoms with Gasteiger partial charge in [-0.3, -0.25) is 0 Å². The van der Waals surface area contributed by atoms with Crippen LogP contribution < -0.4 is 5.73 Å². The molecule has 4 nitrogen and oxygen atoms in total. The van der Waals surface area contributed by atoms with E-state index in [1.165, 1.54) is 0 Å². The summed E-state index contributed by atoms with van der Waals surface area (Å²) >= 11 is 0. The number of hydrogen-bond acceptors (Lipinski definition) is 3. The molecular formula is C13H14N4. The van der Waals surface area contributed by atoms with Crippen LogP contribution in [0, 0.1) is 11.3 Å². The number of imidazole rings is 1. The van der Waals surface area contributed by atoms with Crippen LogP contribution in [0.3, 0.4) is 0 Å². The van der Waals surface area contributed by atoms with E-state index in [0.717, 1.165) is 24.2 Å². The molecule has 0 saturated heterocycles. The SMILES string of the molecule is CCCn1cnc(-c2cccc(C#N)c2)c1N. The number of aromatic nitrogens is 2. The lowest BCUT2D eigenvalue weighted by Gasteiger charge is -2.03. The van der Waals surface area contributed by atoms with Gasteiger partial charge in [0.15, 0.2) is 0 Å². The highest BCUT2D eigenvalue weighted by Gasteiger charge is 2.09. The van der Waals surface area contributed by atoms with Gasteiger partial charge in [0.05, 0.1) is 18.0 Å². The molecule has 4 heteroatoms. The number of nitriles is 1. The van der Waals surface area contributed by atoms with Gasteiger partial charge in [-0.1, -0.05) is 19.1 Å². The van der Waals surface area contributed by atoms with Gasteiger partial charge in [0.1, 0.15) is 11.5 Å². The van der Waals surface area contributed by atoms with E-state index in [1.807, 2.05) is 16.7 Å². The van der Waals surface area contributed by atoms with Crippen LogP contribution >= 0.6 is 0 Å². The number of nitrogen functional groups attached to an aromatic ring is 1. The fraction of sp³-hybridized carbons (Fsp3) is 0.231. The third-order valence-electron chi connectivity index (χ3n) is 2.61. The molecule has 0 atom stereocenters. The topological polar surface area (TPSA) is 67.6 Å². The second kappa shape index (κ2) is 4.71. The van der Waals surface area contributed by atoms with Crippen LogP contribution in [-0.4, -0.2) is 9.55 Å². The maximum absolute atomic E-state index is 8.86. The van der Waals surface area contributed by atoms with Crippen molar-refractivity contribution in [1.82, 2.24) is 9.55 Å². The molecule has 86 valence electrons. The zero-order valence-corrected chi connectivity index (χ0v) is 9.72. The van der Waals surface area contributed by atoms with E-state index in [4.69, 9.17) is 11.0 Å². The summed E-state index contributed by atoms with van der Waals surface area (Å²) in [4.78, 5) is 4.31. The molecule has 17 heavy (non-hydrogen) atoms. The van der Waals surface area contributed by atoms with Gasteiger partial charge in [-0.15, -0.1) is 0 Å². The van der Waals surface area contributed by atoms with E-state index in [-0.39, 0.29) is 0 Å². The normalized spacial score (nSPS) is 10.1. The van der Waals surface area contributed by atoms with E-state index < -0.39 is 0 Å². The summed E-state index contributed by atoms with van der Waals surface area (Å²) < 4.78 is 1.92. The summed E-state index contributed by atoms with van der Waals surface area (Å²) in [6.07, 6.45) is 2.76. The molecule has 0 aliphatic rings. The highest BCUT2D eigenvalue weighted by molar-refractivity contribution is 5.71. The molecule has 0 radical (unpaired) electrons. The minimum absolute atomic E-state index is 0.618. The maximum Gasteiger partial charge on any atom is 0.131 e. The Kier molecular flexibility index (Phi) is 3.10. The van der Waals surface area contributed by atoms with Gasteiger partial charge in [-0.05, 0) is 18.6 Å². The Hall–Kier alpha value is -2.28. The molecule has 0 unspecified atom stereocenters. The van der Waals surface area contributed by atoms with Crippen molar-refractivity contribution in [3.63, 3.8) is 0 Å². The van der Waals surface area contributed by atoms with Gasteiger partial charge in [0, 0.05) is 12.1 Å². The summed E-state index contributed by atoms with van der Waals surface area (Å²) in [6.45, 7) is 2.95. The van der Waals surface area contributed by atoms with Crippen molar-refractivity contribution in [2.75, 3.05) is 5.73 Å². The first kappa shape index (κ1) is 11.2. The zero-order valence-electron chi connectivity index (χ0n) is 9.72. The molecule has 2 aromatic rings. The van der Waals surface area contributed by atoms with Crippen LogP contribution in [0.15, 0.2) is 30.6 Å². The van der Waals surface area contributed by atoms with Gasteiger partial charge < -0.3 is 10.3 Å². The van der Waals surface area contributed by atoms with Crippen molar-refractivity contribution in [2.24, 2.45) is 0 Å². The highest BCUT2D eigenvalue weighted by atomic mass is 15.1. The molecule has 1 aromatic heterocycles. The van der Waals surface area contributed by atoms with Crippen LogP contribution in [-0.2, 0) is 6.54 Å². The Bertz CT molecular complexity index is 563. The predicted molar refractivity (Wildman–Crippen MR) is 67.1 cm³/mol. The standard InChI is InChI=1S/C13H14N4/c1-2-6-17-9-16-12(13(17)15)11-5-3-4-10(7-11)8-14/h3-5,7,9H,2,6,15H2,1H3. The van der Waals surface area contributed by atoms with Crippen LogP contribution in [0.5, 0.6) is 0 Å². The zero-order chi connectivity index (χ0) is 12.3. The van der Waals surface area contributed by atoms with Crippen molar-refractivity contribution >= 4 is 5.82 Å². The van der Waals surface area contributed by atoms with Crippen molar-refractivity contribution < 1.29 is 0 Å². The first-order valence-electron chi connectivity index (χ1n) is 5.57. The van der Waals surface area contributed by atoms with E-state index >= 15 is 0 Å². The average molecular weight is 226 g/mol. The van der Waals surface area contributed by atoms with E-state index in [1.54, 1.807) is 18.5 Å². The summed E-state index contributed by atoms with van der Waals surface area (Å²) in [5.74, 6) is 0.655. The second-order valence-corrected chi connectivity index (χ2v) is 3.86. The monoisotopic (exact) mass is 226 g/mol. The van der Waals surface area contributed by atoms with Crippen molar-refractivity contribution in [3.05, 3.63) is 36.2 Å². The molecule has 2 N–H and O–H groups in total. The summed E-state index contributed by atoms with van der Waals surface area (Å²) in [5, 5.41) is 8.86. The number of anilines is 1. The van der Waals surface area contributed by atoms with Crippen molar-refractivity contribution in [2.45, 2.75) is 19.9 Å². The highest BCUT2D eigenvalue weighted by Crippen LogP contribution is 2.24. The number of nitrogens with two attached hydrogens (primary N) is 1. The summed E-state index contributed by atoms with van der Waals surface area (Å²) in [5.41, 5.74) is 8.28. The Morgan fingerprint density at radius 3 is 3.00 bits per heavy atom. The lowest BCUT2D eigenvalue weighted by atomic mass is 10.1. The van der Waals surface area contributed by atoms with Gasteiger partial charge in [-0.25, -0.2) is 4.98 Å². The Labute approximate surface area is 100 Å². The molecule has 2 rings (SSSR count). The Balaban J connectivity index is 2.43. The minimum Gasteiger partial charge on any atom is -0.383 e. The molecule has 0 fully saturated rings. The minimum atomic E-state index is 0.618. The number of nitrogens with zero attached hydrogens (tertiary/aromatic N) is 3. The van der Waals surface area contributed by atoms with Crippen LogP contribution in [0.2, 0.25) is 0 Å². The fourth-order valence-corrected chi connectivity index (χ4v) is 1.77. The van der Waals surface area contributed by atoms with Crippen LogP contribution in [0.4, 0.5) is 5.82 Å². The van der Waals surface area contributed by atoms with Crippen molar-refractivity contribution in [3.8, 4) is 17.3 Å². The Morgan fingerprint density at radius 1 is 1.47 bits per heavy atom. The summed E-state index contributed by atoms with van der Waals surface area (Å²) in [6, 6.07) is 9.43. The van der Waals surface area contributed by atoms with E-state index in [9.17, 15) is 0 Å². The largest absolute Gasteiger partial charge is 0.383 e. The second-order valence-electron chi connectivity index (χ2n) is 3.86. The average Bonchev–Trinajstić information content (AvgIpc) is 2.72. The third-order valence-corrected chi connectivity index (χ3v) is 2.61. The lowest BCUT2D eigenvalue weighted by molar-refractivity contribution is 0.686. The van der Waals surface area contributed by atoms with Gasteiger partial charge in [0.25, 0.3) is 0 Å². The smallest absolute Gasteiger partial charge is 0.131 e. The molecule has 1 heterocycles. The number of rotatable bonds is 3. The molecule has 0 aliphatic heterocycles. The molecule has 0 spiro atoms. The molecular weight excluding hydrogens is 212 g/mol.